The number of carbonyl (C=O) groups excluding carboxylic acids is 2. The minimum Gasteiger partial charge on any atom is -0.347 e. The number of amides is 2. The van der Waals surface area contributed by atoms with Crippen LogP contribution in [0.4, 0.5) is 5.69 Å². The van der Waals surface area contributed by atoms with Crippen LogP contribution in [0.15, 0.2) is 29.4 Å². The Bertz CT molecular complexity index is 659. The zero-order chi connectivity index (χ0) is 21.3. The third-order valence-corrected chi connectivity index (χ3v) is 4.46. The number of hydrazone groups is 1. The molecule has 0 radical (unpaired) electrons. The number of nitro benzene ring substituents is 1. The van der Waals surface area contributed by atoms with Crippen LogP contribution in [0.3, 0.4) is 0 Å². The third-order valence-electron chi connectivity index (χ3n) is 4.46. The van der Waals surface area contributed by atoms with Crippen molar-refractivity contribution in [2.24, 2.45) is 5.10 Å². The monoisotopic (exact) mass is 404 g/mol. The number of rotatable bonds is 15. The van der Waals surface area contributed by atoms with Crippen molar-refractivity contribution in [3.05, 3.63) is 39.9 Å². The maximum absolute atomic E-state index is 11.8. The lowest BCUT2D eigenvalue weighted by molar-refractivity contribution is -0.384. The van der Waals surface area contributed by atoms with Crippen LogP contribution in [-0.2, 0) is 9.59 Å². The molecule has 0 aliphatic rings. The lowest BCUT2D eigenvalue weighted by Crippen LogP contribution is -2.34. The highest BCUT2D eigenvalue weighted by Gasteiger charge is 2.05. The molecule has 0 atom stereocenters. The van der Waals surface area contributed by atoms with Crippen LogP contribution in [0.2, 0.25) is 0 Å². The first-order valence-corrected chi connectivity index (χ1v) is 10.4. The SMILES string of the molecule is CCCCCCCCCCCC(=O)NCC(=O)N/N=C\c1ccc([N+](=O)[O-])cc1. The lowest BCUT2D eigenvalue weighted by Gasteiger charge is -2.04. The van der Waals surface area contributed by atoms with Crippen LogP contribution >= 0.6 is 0 Å². The summed E-state index contributed by atoms with van der Waals surface area (Å²) in [5.74, 6) is -0.564. The molecule has 29 heavy (non-hydrogen) atoms. The van der Waals surface area contributed by atoms with Crippen molar-refractivity contribution in [3.8, 4) is 0 Å². The second-order valence-corrected chi connectivity index (χ2v) is 7.00. The Kier molecular flexibility index (Phi) is 12.7. The zero-order valence-electron chi connectivity index (χ0n) is 17.2. The molecule has 0 saturated carbocycles. The van der Waals surface area contributed by atoms with Gasteiger partial charge in [0.05, 0.1) is 17.7 Å². The first kappa shape index (κ1) is 24.3. The molecule has 0 aromatic heterocycles. The molecule has 0 spiro atoms. The van der Waals surface area contributed by atoms with Crippen LogP contribution in [0.5, 0.6) is 0 Å². The third kappa shape index (κ3) is 12.3. The Hall–Kier alpha value is -2.77. The number of nitrogens with one attached hydrogen (secondary N) is 2. The second-order valence-electron chi connectivity index (χ2n) is 7.00. The number of hydrogen-bond donors (Lipinski definition) is 2. The van der Waals surface area contributed by atoms with Crippen molar-refractivity contribution in [2.45, 2.75) is 71.1 Å². The highest BCUT2D eigenvalue weighted by Crippen LogP contribution is 2.11. The van der Waals surface area contributed by atoms with Crippen molar-refractivity contribution >= 4 is 23.7 Å². The van der Waals surface area contributed by atoms with Crippen LogP contribution in [-0.4, -0.2) is 29.5 Å². The predicted molar refractivity (Wildman–Crippen MR) is 114 cm³/mol. The maximum atomic E-state index is 11.8. The van der Waals surface area contributed by atoms with Crippen LogP contribution < -0.4 is 10.7 Å². The van der Waals surface area contributed by atoms with Gasteiger partial charge in [-0.2, -0.15) is 5.10 Å². The normalized spacial score (nSPS) is 10.8. The number of hydrogen-bond acceptors (Lipinski definition) is 5. The smallest absolute Gasteiger partial charge is 0.269 e. The molecule has 2 amide bonds. The van der Waals surface area contributed by atoms with Gasteiger partial charge in [-0.25, -0.2) is 5.43 Å². The number of benzene rings is 1. The standard InChI is InChI=1S/C21H32N4O4/c1-2-3-4-5-6-7-8-9-10-11-20(26)22-17-21(27)24-23-16-18-12-14-19(15-13-18)25(28)29/h12-16H,2-11,17H2,1H3,(H,22,26)(H,24,27)/b23-16-. The van der Waals surface area contributed by atoms with Gasteiger partial charge >= 0.3 is 0 Å². The molecule has 0 aliphatic carbocycles. The van der Waals surface area contributed by atoms with Gasteiger partial charge in [-0.3, -0.25) is 19.7 Å². The highest BCUT2D eigenvalue weighted by atomic mass is 16.6. The minimum absolute atomic E-state index is 0.0131. The average Bonchev–Trinajstić information content (AvgIpc) is 2.71. The maximum Gasteiger partial charge on any atom is 0.269 e. The Morgan fingerprint density at radius 3 is 2.14 bits per heavy atom. The molecule has 0 aliphatic heterocycles. The van der Waals surface area contributed by atoms with E-state index in [9.17, 15) is 19.7 Å². The van der Waals surface area contributed by atoms with Crippen LogP contribution in [0, 0.1) is 10.1 Å². The van der Waals surface area contributed by atoms with Gasteiger partial charge < -0.3 is 5.32 Å². The molecule has 160 valence electrons. The summed E-state index contributed by atoms with van der Waals surface area (Å²) >= 11 is 0. The fourth-order valence-corrected chi connectivity index (χ4v) is 2.76. The summed E-state index contributed by atoms with van der Waals surface area (Å²) in [5.41, 5.74) is 2.91. The molecule has 0 bridgehead atoms. The summed E-state index contributed by atoms with van der Waals surface area (Å²) in [6.45, 7) is 2.08. The fraction of sp³-hybridized carbons (Fsp3) is 0.571. The summed E-state index contributed by atoms with van der Waals surface area (Å²) in [5, 5.41) is 16.9. The van der Waals surface area contributed by atoms with Crippen LogP contribution in [0.1, 0.15) is 76.7 Å². The second kappa shape index (κ2) is 15.2. The largest absolute Gasteiger partial charge is 0.347 e. The molecule has 8 nitrogen and oxygen atoms in total. The van der Waals surface area contributed by atoms with E-state index in [1.165, 1.54) is 69.0 Å². The van der Waals surface area contributed by atoms with Gasteiger partial charge in [0.2, 0.25) is 5.91 Å². The molecule has 0 heterocycles. The van der Waals surface area contributed by atoms with E-state index in [4.69, 9.17) is 0 Å². The predicted octanol–water partition coefficient (Wildman–Crippen LogP) is 4.08. The number of unbranched alkanes of at least 4 members (excludes halogenated alkanes) is 8. The van der Waals surface area contributed by atoms with E-state index in [1.54, 1.807) is 0 Å². The molecule has 0 saturated heterocycles. The molecule has 1 aromatic carbocycles. The Labute approximate surface area is 172 Å². The van der Waals surface area contributed by atoms with Gasteiger partial charge in [0.25, 0.3) is 11.6 Å². The molecule has 1 rings (SSSR count). The Balaban J connectivity index is 2.07. The highest BCUT2D eigenvalue weighted by molar-refractivity contribution is 5.86. The number of carbonyl (C=O) groups is 2. The van der Waals surface area contributed by atoms with E-state index in [-0.39, 0.29) is 18.1 Å². The van der Waals surface area contributed by atoms with Crippen molar-refractivity contribution in [1.29, 1.82) is 0 Å². The number of nitro groups is 1. The van der Waals surface area contributed by atoms with Crippen molar-refractivity contribution in [3.63, 3.8) is 0 Å². The van der Waals surface area contributed by atoms with Gasteiger partial charge in [0, 0.05) is 18.6 Å². The molecule has 2 N–H and O–H groups in total. The Morgan fingerprint density at radius 2 is 1.55 bits per heavy atom. The molecule has 0 unspecified atom stereocenters. The van der Waals surface area contributed by atoms with E-state index in [2.05, 4.69) is 22.8 Å². The summed E-state index contributed by atoms with van der Waals surface area (Å²) in [4.78, 5) is 33.5. The van der Waals surface area contributed by atoms with Crippen molar-refractivity contribution in [1.82, 2.24) is 10.7 Å². The topological polar surface area (TPSA) is 114 Å². The van der Waals surface area contributed by atoms with Gasteiger partial charge in [-0.15, -0.1) is 0 Å². The summed E-state index contributed by atoms with van der Waals surface area (Å²) in [6, 6.07) is 5.77. The minimum atomic E-state index is -0.486. The molecular weight excluding hydrogens is 372 g/mol. The van der Waals surface area contributed by atoms with E-state index in [0.29, 0.717) is 12.0 Å². The summed E-state index contributed by atoms with van der Waals surface area (Å²) < 4.78 is 0. The van der Waals surface area contributed by atoms with Gasteiger partial charge in [-0.1, -0.05) is 58.3 Å². The first-order chi connectivity index (χ1) is 14.0. The lowest BCUT2D eigenvalue weighted by atomic mass is 10.1. The fourth-order valence-electron chi connectivity index (χ4n) is 2.76. The zero-order valence-corrected chi connectivity index (χ0v) is 17.2. The van der Waals surface area contributed by atoms with Crippen molar-refractivity contribution < 1.29 is 14.5 Å². The Morgan fingerprint density at radius 1 is 0.966 bits per heavy atom. The van der Waals surface area contributed by atoms with Gasteiger partial charge in [0.1, 0.15) is 0 Å². The average molecular weight is 405 g/mol. The van der Waals surface area contributed by atoms with Gasteiger partial charge in [-0.05, 0) is 24.1 Å². The summed E-state index contributed by atoms with van der Waals surface area (Å²) in [6.07, 6.45) is 12.5. The van der Waals surface area contributed by atoms with E-state index in [1.807, 2.05) is 0 Å². The molecule has 8 heteroatoms. The van der Waals surface area contributed by atoms with Gasteiger partial charge in [0.15, 0.2) is 0 Å². The summed E-state index contributed by atoms with van der Waals surface area (Å²) in [7, 11) is 0. The quantitative estimate of drug-likeness (QED) is 0.198. The van der Waals surface area contributed by atoms with E-state index >= 15 is 0 Å². The van der Waals surface area contributed by atoms with Crippen LogP contribution in [0.25, 0.3) is 0 Å². The van der Waals surface area contributed by atoms with Crippen molar-refractivity contribution in [2.75, 3.05) is 6.54 Å². The number of nitrogens with zero attached hydrogens (tertiary/aromatic N) is 2. The molecule has 0 fully saturated rings. The molecule has 1 aromatic rings. The molecular formula is C21H32N4O4. The van der Waals surface area contributed by atoms with E-state index < -0.39 is 10.8 Å². The number of non-ortho nitro benzene ring substituents is 1. The van der Waals surface area contributed by atoms with E-state index in [0.717, 1.165) is 19.3 Å². The first-order valence-electron chi connectivity index (χ1n) is 10.4.